The standard InChI is InChI=1S/C11H13ClN2O/c1-2-5-15-7-11-13-9-4-3-8(12)6-10(9)14-11/h3-4,6H,2,5,7H2,1H3,(H,13,14). The smallest absolute Gasteiger partial charge is 0.133 e. The molecule has 0 unspecified atom stereocenters. The lowest BCUT2D eigenvalue weighted by Gasteiger charge is -1.97. The highest BCUT2D eigenvalue weighted by Crippen LogP contribution is 2.17. The minimum absolute atomic E-state index is 0.528. The van der Waals surface area contributed by atoms with Gasteiger partial charge in [-0.15, -0.1) is 0 Å². The zero-order chi connectivity index (χ0) is 10.7. The number of rotatable bonds is 4. The van der Waals surface area contributed by atoms with Crippen LogP contribution in [0.25, 0.3) is 11.0 Å². The Morgan fingerprint density at radius 2 is 2.33 bits per heavy atom. The summed E-state index contributed by atoms with van der Waals surface area (Å²) >= 11 is 5.88. The van der Waals surface area contributed by atoms with Gasteiger partial charge in [-0.05, 0) is 24.6 Å². The van der Waals surface area contributed by atoms with E-state index in [-0.39, 0.29) is 0 Å². The number of fused-ring (bicyclic) bond motifs is 1. The molecule has 3 nitrogen and oxygen atoms in total. The van der Waals surface area contributed by atoms with E-state index in [4.69, 9.17) is 16.3 Å². The van der Waals surface area contributed by atoms with Crippen LogP contribution in [0.5, 0.6) is 0 Å². The Labute approximate surface area is 93.4 Å². The van der Waals surface area contributed by atoms with Gasteiger partial charge in [-0.1, -0.05) is 18.5 Å². The second-order valence-electron chi connectivity index (χ2n) is 3.40. The van der Waals surface area contributed by atoms with E-state index >= 15 is 0 Å². The summed E-state index contributed by atoms with van der Waals surface area (Å²) in [4.78, 5) is 7.56. The molecule has 1 N–H and O–H groups in total. The van der Waals surface area contributed by atoms with Crippen LogP contribution in [0, 0.1) is 0 Å². The second kappa shape index (κ2) is 4.64. The molecule has 80 valence electrons. The molecule has 0 fully saturated rings. The van der Waals surface area contributed by atoms with Gasteiger partial charge in [-0.3, -0.25) is 0 Å². The number of imidazole rings is 1. The number of ether oxygens (including phenoxy) is 1. The molecule has 2 rings (SSSR count). The number of halogens is 1. The Balaban J connectivity index is 2.16. The molecule has 0 aliphatic rings. The molecular weight excluding hydrogens is 212 g/mol. The van der Waals surface area contributed by atoms with Crippen molar-refractivity contribution in [1.29, 1.82) is 0 Å². The van der Waals surface area contributed by atoms with Gasteiger partial charge in [-0.25, -0.2) is 4.98 Å². The van der Waals surface area contributed by atoms with Crippen molar-refractivity contribution in [2.24, 2.45) is 0 Å². The fourth-order valence-corrected chi connectivity index (χ4v) is 1.59. The fraction of sp³-hybridized carbons (Fsp3) is 0.364. The summed E-state index contributed by atoms with van der Waals surface area (Å²) in [5.74, 6) is 0.848. The number of hydrogen-bond acceptors (Lipinski definition) is 2. The van der Waals surface area contributed by atoms with Gasteiger partial charge < -0.3 is 9.72 Å². The summed E-state index contributed by atoms with van der Waals surface area (Å²) in [7, 11) is 0. The third-order valence-electron chi connectivity index (χ3n) is 2.08. The van der Waals surface area contributed by atoms with Crippen LogP contribution in [-0.2, 0) is 11.3 Å². The van der Waals surface area contributed by atoms with Crippen LogP contribution in [0.4, 0.5) is 0 Å². The monoisotopic (exact) mass is 224 g/mol. The van der Waals surface area contributed by atoms with Gasteiger partial charge in [0.05, 0.1) is 11.0 Å². The lowest BCUT2D eigenvalue weighted by atomic mass is 10.3. The SMILES string of the molecule is CCCOCc1nc2ccc(Cl)cc2[nH]1. The molecule has 1 aromatic heterocycles. The molecule has 4 heteroatoms. The molecule has 0 amide bonds. The molecule has 0 spiro atoms. The van der Waals surface area contributed by atoms with Crippen molar-refractivity contribution in [3.05, 3.63) is 29.0 Å². The quantitative estimate of drug-likeness (QED) is 0.811. The van der Waals surface area contributed by atoms with Gasteiger partial charge >= 0.3 is 0 Å². The molecule has 0 saturated heterocycles. The average Bonchev–Trinajstić information content (AvgIpc) is 2.60. The molecule has 1 heterocycles. The first-order valence-corrected chi connectivity index (χ1v) is 5.39. The van der Waals surface area contributed by atoms with Crippen LogP contribution >= 0.6 is 11.6 Å². The Morgan fingerprint density at radius 1 is 1.47 bits per heavy atom. The second-order valence-corrected chi connectivity index (χ2v) is 3.83. The molecule has 0 bridgehead atoms. The largest absolute Gasteiger partial charge is 0.374 e. The number of aromatic nitrogens is 2. The Hall–Kier alpha value is -1.06. The molecule has 0 aliphatic carbocycles. The number of hydrogen-bond donors (Lipinski definition) is 1. The third kappa shape index (κ3) is 2.49. The third-order valence-corrected chi connectivity index (χ3v) is 2.32. The van der Waals surface area contributed by atoms with Crippen molar-refractivity contribution in [2.75, 3.05) is 6.61 Å². The predicted molar refractivity (Wildman–Crippen MR) is 61.1 cm³/mol. The first kappa shape index (κ1) is 10.5. The van der Waals surface area contributed by atoms with E-state index < -0.39 is 0 Å². The first-order chi connectivity index (χ1) is 7.29. The summed E-state index contributed by atoms with van der Waals surface area (Å²) in [6.07, 6.45) is 1.02. The lowest BCUT2D eigenvalue weighted by molar-refractivity contribution is 0.117. The maximum absolute atomic E-state index is 5.88. The zero-order valence-corrected chi connectivity index (χ0v) is 9.34. The topological polar surface area (TPSA) is 37.9 Å². The number of nitrogens with one attached hydrogen (secondary N) is 1. The lowest BCUT2D eigenvalue weighted by Crippen LogP contribution is -1.95. The number of benzene rings is 1. The molecule has 0 radical (unpaired) electrons. The highest BCUT2D eigenvalue weighted by molar-refractivity contribution is 6.31. The minimum Gasteiger partial charge on any atom is -0.374 e. The summed E-state index contributed by atoms with van der Waals surface area (Å²) < 4.78 is 5.40. The van der Waals surface area contributed by atoms with Crippen molar-refractivity contribution >= 4 is 22.6 Å². The predicted octanol–water partition coefficient (Wildman–Crippen LogP) is 3.14. The summed E-state index contributed by atoms with van der Waals surface area (Å²) in [6.45, 7) is 3.37. The highest BCUT2D eigenvalue weighted by atomic mass is 35.5. The van der Waals surface area contributed by atoms with Crippen LogP contribution < -0.4 is 0 Å². The summed E-state index contributed by atoms with van der Waals surface area (Å²) in [6, 6.07) is 5.60. The van der Waals surface area contributed by atoms with E-state index in [1.54, 1.807) is 0 Å². The van der Waals surface area contributed by atoms with Crippen LogP contribution in [0.2, 0.25) is 5.02 Å². The van der Waals surface area contributed by atoms with Crippen LogP contribution in [-0.4, -0.2) is 16.6 Å². The van der Waals surface area contributed by atoms with Gasteiger partial charge in [0, 0.05) is 11.6 Å². The summed E-state index contributed by atoms with van der Waals surface area (Å²) in [5, 5.41) is 0.715. The number of nitrogens with zero attached hydrogens (tertiary/aromatic N) is 1. The van der Waals surface area contributed by atoms with Crippen molar-refractivity contribution in [1.82, 2.24) is 9.97 Å². The van der Waals surface area contributed by atoms with Crippen molar-refractivity contribution < 1.29 is 4.74 Å². The molecule has 15 heavy (non-hydrogen) atoms. The van der Waals surface area contributed by atoms with Crippen molar-refractivity contribution in [3.8, 4) is 0 Å². The Morgan fingerprint density at radius 3 is 3.13 bits per heavy atom. The van der Waals surface area contributed by atoms with E-state index in [0.29, 0.717) is 11.6 Å². The normalized spacial score (nSPS) is 11.1. The first-order valence-electron chi connectivity index (χ1n) is 5.01. The van der Waals surface area contributed by atoms with Crippen LogP contribution in [0.3, 0.4) is 0 Å². The van der Waals surface area contributed by atoms with Gasteiger partial charge in [0.15, 0.2) is 0 Å². The fourth-order valence-electron chi connectivity index (χ4n) is 1.42. The highest BCUT2D eigenvalue weighted by Gasteiger charge is 2.02. The maximum atomic E-state index is 5.88. The van der Waals surface area contributed by atoms with Gasteiger partial charge in [-0.2, -0.15) is 0 Å². The van der Waals surface area contributed by atoms with E-state index in [2.05, 4.69) is 16.9 Å². The van der Waals surface area contributed by atoms with Gasteiger partial charge in [0.25, 0.3) is 0 Å². The van der Waals surface area contributed by atoms with Gasteiger partial charge in [0.1, 0.15) is 12.4 Å². The molecule has 0 atom stereocenters. The Kier molecular flexibility index (Phi) is 3.23. The van der Waals surface area contributed by atoms with Crippen molar-refractivity contribution in [3.63, 3.8) is 0 Å². The summed E-state index contributed by atoms with van der Waals surface area (Å²) in [5.41, 5.74) is 1.88. The molecule has 0 aliphatic heterocycles. The Bertz CT molecular complexity index is 453. The zero-order valence-electron chi connectivity index (χ0n) is 8.59. The van der Waals surface area contributed by atoms with E-state index in [9.17, 15) is 0 Å². The van der Waals surface area contributed by atoms with E-state index in [1.807, 2.05) is 18.2 Å². The number of aromatic amines is 1. The average molecular weight is 225 g/mol. The molecule has 2 aromatic rings. The maximum Gasteiger partial charge on any atom is 0.133 e. The molecular formula is C11H13ClN2O. The molecule has 0 saturated carbocycles. The van der Waals surface area contributed by atoms with Crippen LogP contribution in [0.1, 0.15) is 19.2 Å². The number of H-pyrrole nitrogens is 1. The van der Waals surface area contributed by atoms with E-state index in [1.165, 1.54) is 0 Å². The van der Waals surface area contributed by atoms with Crippen LogP contribution in [0.15, 0.2) is 18.2 Å². The van der Waals surface area contributed by atoms with E-state index in [0.717, 1.165) is 29.9 Å². The minimum atomic E-state index is 0.528. The van der Waals surface area contributed by atoms with Crippen molar-refractivity contribution in [2.45, 2.75) is 20.0 Å². The molecule has 1 aromatic carbocycles. The van der Waals surface area contributed by atoms with Gasteiger partial charge in [0.2, 0.25) is 0 Å².